The van der Waals surface area contributed by atoms with E-state index < -0.39 is 0 Å². The predicted molar refractivity (Wildman–Crippen MR) is 90.7 cm³/mol. The van der Waals surface area contributed by atoms with Gasteiger partial charge in [0.1, 0.15) is 0 Å². The van der Waals surface area contributed by atoms with Gasteiger partial charge in [0.2, 0.25) is 0 Å². The standard InChI is InChI=1S/C16H15ClN4S/c17-15-4-2-1-3-11(15)10-22-21-6-5-13-12(9-21)7-18-16-14(13)8-19-20-16/h1-4,7-8H,5-6,9-10H2,(H,18,19,20). The van der Waals surface area contributed by atoms with E-state index in [9.17, 15) is 0 Å². The van der Waals surface area contributed by atoms with Gasteiger partial charge < -0.3 is 0 Å². The molecule has 0 saturated heterocycles. The fraction of sp³-hybridized carbons (Fsp3) is 0.250. The number of fused-ring (bicyclic) bond motifs is 3. The van der Waals surface area contributed by atoms with E-state index in [-0.39, 0.29) is 0 Å². The zero-order chi connectivity index (χ0) is 14.9. The van der Waals surface area contributed by atoms with Gasteiger partial charge in [0.15, 0.2) is 5.65 Å². The van der Waals surface area contributed by atoms with Gasteiger partial charge in [-0.1, -0.05) is 41.7 Å². The summed E-state index contributed by atoms with van der Waals surface area (Å²) in [6, 6.07) is 8.04. The van der Waals surface area contributed by atoms with Crippen LogP contribution in [0.25, 0.3) is 11.0 Å². The van der Waals surface area contributed by atoms with Gasteiger partial charge in [0.25, 0.3) is 0 Å². The van der Waals surface area contributed by atoms with Gasteiger partial charge in [-0.3, -0.25) is 5.10 Å². The van der Waals surface area contributed by atoms with Crippen molar-refractivity contribution in [3.63, 3.8) is 0 Å². The molecule has 0 atom stereocenters. The fourth-order valence-electron chi connectivity index (χ4n) is 2.82. The average Bonchev–Trinajstić information content (AvgIpc) is 3.03. The molecule has 112 valence electrons. The van der Waals surface area contributed by atoms with E-state index in [0.29, 0.717) is 0 Å². The Bertz CT molecular complexity index is 817. The van der Waals surface area contributed by atoms with Crippen LogP contribution in [0.3, 0.4) is 0 Å². The molecule has 1 aliphatic rings. The molecule has 2 aromatic heterocycles. The maximum absolute atomic E-state index is 6.22. The quantitative estimate of drug-likeness (QED) is 0.741. The van der Waals surface area contributed by atoms with Crippen molar-refractivity contribution in [1.29, 1.82) is 0 Å². The molecular formula is C16H15ClN4S. The lowest BCUT2D eigenvalue weighted by atomic mass is 10.0. The normalized spacial score (nSPS) is 15.1. The number of nitrogens with zero attached hydrogens (tertiary/aromatic N) is 3. The van der Waals surface area contributed by atoms with Crippen LogP contribution >= 0.6 is 23.5 Å². The van der Waals surface area contributed by atoms with E-state index in [0.717, 1.165) is 41.3 Å². The Morgan fingerprint density at radius 2 is 2.18 bits per heavy atom. The monoisotopic (exact) mass is 330 g/mol. The van der Waals surface area contributed by atoms with E-state index in [4.69, 9.17) is 11.6 Å². The summed E-state index contributed by atoms with van der Waals surface area (Å²) in [5, 5.41) is 9.03. The number of aromatic nitrogens is 3. The minimum Gasteiger partial charge on any atom is -0.261 e. The molecule has 3 heterocycles. The molecule has 0 unspecified atom stereocenters. The number of nitrogens with one attached hydrogen (secondary N) is 1. The molecule has 0 bridgehead atoms. The molecule has 22 heavy (non-hydrogen) atoms. The molecule has 4 rings (SSSR count). The summed E-state index contributed by atoms with van der Waals surface area (Å²) in [6.07, 6.45) is 4.88. The second-order valence-corrected chi connectivity index (χ2v) is 6.84. The number of aromatic amines is 1. The Morgan fingerprint density at radius 3 is 3.09 bits per heavy atom. The van der Waals surface area contributed by atoms with Crippen LogP contribution < -0.4 is 0 Å². The van der Waals surface area contributed by atoms with Crippen LogP contribution in [0.15, 0.2) is 36.7 Å². The third-order valence-electron chi connectivity index (χ3n) is 4.00. The molecule has 0 radical (unpaired) electrons. The smallest absolute Gasteiger partial charge is 0.155 e. The van der Waals surface area contributed by atoms with Crippen LogP contribution in [0.4, 0.5) is 0 Å². The number of rotatable bonds is 3. The maximum Gasteiger partial charge on any atom is 0.155 e. The van der Waals surface area contributed by atoms with Crippen molar-refractivity contribution < 1.29 is 0 Å². The molecule has 1 aromatic carbocycles. The number of hydrogen-bond donors (Lipinski definition) is 1. The van der Waals surface area contributed by atoms with Gasteiger partial charge >= 0.3 is 0 Å². The highest BCUT2D eigenvalue weighted by Gasteiger charge is 2.20. The van der Waals surface area contributed by atoms with Crippen LogP contribution in [0.1, 0.15) is 16.7 Å². The van der Waals surface area contributed by atoms with Crippen LogP contribution in [0, 0.1) is 0 Å². The summed E-state index contributed by atoms with van der Waals surface area (Å²) >= 11 is 8.06. The number of halogens is 1. The van der Waals surface area contributed by atoms with Crippen molar-refractivity contribution in [2.75, 3.05) is 6.54 Å². The van der Waals surface area contributed by atoms with Gasteiger partial charge in [0, 0.05) is 35.4 Å². The first-order valence-electron chi connectivity index (χ1n) is 7.22. The van der Waals surface area contributed by atoms with Gasteiger partial charge in [-0.05, 0) is 29.2 Å². The van der Waals surface area contributed by atoms with Crippen molar-refractivity contribution in [2.45, 2.75) is 18.7 Å². The van der Waals surface area contributed by atoms with Crippen molar-refractivity contribution >= 4 is 34.6 Å². The van der Waals surface area contributed by atoms with Crippen LogP contribution in [-0.2, 0) is 18.7 Å². The summed E-state index contributed by atoms with van der Waals surface area (Å²) < 4.78 is 2.39. The molecule has 0 amide bonds. The van der Waals surface area contributed by atoms with E-state index in [1.807, 2.05) is 42.5 Å². The van der Waals surface area contributed by atoms with Gasteiger partial charge in [0.05, 0.1) is 6.20 Å². The first kappa shape index (κ1) is 14.1. The average molecular weight is 331 g/mol. The zero-order valence-electron chi connectivity index (χ0n) is 11.9. The Hall–Kier alpha value is -1.56. The molecule has 0 aliphatic carbocycles. The molecule has 3 aromatic rings. The molecular weight excluding hydrogens is 316 g/mol. The van der Waals surface area contributed by atoms with E-state index in [2.05, 4.69) is 25.6 Å². The molecule has 4 nitrogen and oxygen atoms in total. The van der Waals surface area contributed by atoms with Gasteiger partial charge in [-0.15, -0.1) is 0 Å². The molecule has 0 spiro atoms. The maximum atomic E-state index is 6.22. The Balaban J connectivity index is 1.49. The Labute approximate surface area is 138 Å². The van der Waals surface area contributed by atoms with E-state index >= 15 is 0 Å². The van der Waals surface area contributed by atoms with Crippen molar-refractivity contribution in [2.24, 2.45) is 0 Å². The highest BCUT2D eigenvalue weighted by molar-refractivity contribution is 7.96. The zero-order valence-corrected chi connectivity index (χ0v) is 13.5. The SMILES string of the molecule is Clc1ccccc1CSN1CCc2c(cnc3[nH]ncc23)C1. The molecule has 1 aliphatic heterocycles. The third kappa shape index (κ3) is 2.60. The number of pyridine rings is 1. The predicted octanol–water partition coefficient (Wildman–Crippen LogP) is 3.82. The summed E-state index contributed by atoms with van der Waals surface area (Å²) in [7, 11) is 0. The Kier molecular flexibility index (Phi) is 3.78. The highest BCUT2D eigenvalue weighted by Crippen LogP contribution is 2.30. The van der Waals surface area contributed by atoms with Crippen molar-refractivity contribution in [3.8, 4) is 0 Å². The number of benzene rings is 1. The minimum absolute atomic E-state index is 0.842. The lowest BCUT2D eigenvalue weighted by molar-refractivity contribution is 0.444. The second kappa shape index (κ2) is 5.91. The number of H-pyrrole nitrogens is 1. The summed E-state index contributed by atoms with van der Waals surface area (Å²) in [4.78, 5) is 4.45. The van der Waals surface area contributed by atoms with Crippen LogP contribution in [-0.4, -0.2) is 26.0 Å². The molecule has 0 fully saturated rings. The summed E-state index contributed by atoms with van der Waals surface area (Å²) in [5.74, 6) is 0.899. The van der Waals surface area contributed by atoms with E-state index in [1.54, 1.807) is 0 Å². The largest absolute Gasteiger partial charge is 0.261 e. The molecule has 1 N–H and O–H groups in total. The first-order chi connectivity index (χ1) is 10.8. The molecule has 6 heteroatoms. The van der Waals surface area contributed by atoms with Gasteiger partial charge in [-0.2, -0.15) is 5.10 Å². The fourth-order valence-corrected chi connectivity index (χ4v) is 4.12. The second-order valence-electron chi connectivity index (χ2n) is 5.37. The molecule has 0 saturated carbocycles. The number of hydrogen-bond acceptors (Lipinski definition) is 4. The highest BCUT2D eigenvalue weighted by atomic mass is 35.5. The summed E-state index contributed by atoms with van der Waals surface area (Å²) in [6.45, 7) is 1.95. The first-order valence-corrected chi connectivity index (χ1v) is 8.54. The van der Waals surface area contributed by atoms with Crippen molar-refractivity contribution in [1.82, 2.24) is 19.5 Å². The topological polar surface area (TPSA) is 44.8 Å². The lowest BCUT2D eigenvalue weighted by Gasteiger charge is -2.27. The minimum atomic E-state index is 0.842. The lowest BCUT2D eigenvalue weighted by Crippen LogP contribution is -2.25. The Morgan fingerprint density at radius 1 is 1.27 bits per heavy atom. The summed E-state index contributed by atoms with van der Waals surface area (Å²) in [5.41, 5.74) is 4.75. The van der Waals surface area contributed by atoms with Crippen LogP contribution in [0.5, 0.6) is 0 Å². The van der Waals surface area contributed by atoms with E-state index in [1.165, 1.54) is 16.7 Å². The van der Waals surface area contributed by atoms with Crippen LogP contribution in [0.2, 0.25) is 5.02 Å². The van der Waals surface area contributed by atoms with Gasteiger partial charge in [-0.25, -0.2) is 9.29 Å². The third-order valence-corrected chi connectivity index (χ3v) is 5.49. The van der Waals surface area contributed by atoms with Crippen molar-refractivity contribution in [3.05, 3.63) is 58.4 Å².